The average Bonchev–Trinajstić information content (AvgIpc) is 1.96. The molecule has 2 nitrogen and oxygen atoms in total. The van der Waals surface area contributed by atoms with Gasteiger partial charge in [0.1, 0.15) is 0 Å². The van der Waals surface area contributed by atoms with Crippen molar-refractivity contribution in [3.63, 3.8) is 0 Å². The average molecular weight is 157 g/mol. The number of halogens is 2. The number of alkyl halides is 2. The summed E-state index contributed by atoms with van der Waals surface area (Å²) in [6.07, 6.45) is 0. The van der Waals surface area contributed by atoms with E-state index in [2.05, 4.69) is 19.2 Å². The van der Waals surface area contributed by atoms with Crippen molar-refractivity contribution in [2.45, 2.75) is 13.8 Å². The van der Waals surface area contributed by atoms with E-state index in [1.165, 1.54) is 0 Å². The molecule has 0 aliphatic heterocycles. The summed E-state index contributed by atoms with van der Waals surface area (Å²) in [5, 5.41) is 10.1. The number of nitrogens with one attached hydrogen (secondary N) is 1. The Morgan fingerprint density at radius 1 is 1.10 bits per heavy atom. The zero-order valence-corrected chi connectivity index (χ0v) is 6.82. The minimum atomic E-state index is -1.75. The molecule has 0 unspecified atom stereocenters. The minimum absolute atomic E-state index is 1.00. The van der Waals surface area contributed by atoms with Crippen LogP contribution in [0, 0.1) is 0 Å². The van der Waals surface area contributed by atoms with Crippen molar-refractivity contribution in [1.82, 2.24) is 5.32 Å². The molecule has 0 fully saturated rings. The van der Waals surface area contributed by atoms with Gasteiger partial charge in [0.05, 0.1) is 0 Å². The molecule has 0 spiro atoms. The molecule has 0 saturated carbocycles. The van der Waals surface area contributed by atoms with Crippen LogP contribution in [-0.4, -0.2) is 32.2 Å². The zero-order chi connectivity index (χ0) is 8.83. The van der Waals surface area contributed by atoms with Gasteiger partial charge in [-0.05, 0) is 13.1 Å². The fourth-order valence-electron chi connectivity index (χ4n) is 0.250. The number of hydrogen-bond acceptors (Lipinski definition) is 2. The normalized spacial score (nSPS) is 6.60. The van der Waals surface area contributed by atoms with Crippen LogP contribution in [0.4, 0.5) is 8.78 Å². The Balaban J connectivity index is -0.0000000847. The lowest BCUT2D eigenvalue weighted by atomic mass is 10.7. The lowest BCUT2D eigenvalue weighted by Gasteiger charge is -1.86. The van der Waals surface area contributed by atoms with Crippen molar-refractivity contribution >= 4 is 0 Å². The maximum Gasteiger partial charge on any atom is 0.229 e. The third-order valence-electron chi connectivity index (χ3n) is 0.500. The lowest BCUT2D eigenvalue weighted by molar-refractivity contribution is 0.295. The van der Waals surface area contributed by atoms with Gasteiger partial charge >= 0.3 is 0 Å². The lowest BCUT2D eigenvalue weighted by Crippen LogP contribution is -2.09. The molecule has 10 heavy (non-hydrogen) atoms. The van der Waals surface area contributed by atoms with Crippen LogP contribution in [0.1, 0.15) is 13.8 Å². The molecule has 0 bridgehead atoms. The van der Waals surface area contributed by atoms with E-state index in [0.717, 1.165) is 20.2 Å². The molecule has 0 rings (SSSR count). The Labute approximate surface area is 61.3 Å². The van der Waals surface area contributed by atoms with Gasteiger partial charge in [0.2, 0.25) is 6.93 Å². The van der Waals surface area contributed by atoms with Gasteiger partial charge in [0, 0.05) is 7.11 Å². The highest BCUT2D eigenvalue weighted by atomic mass is 19.3. The molecule has 66 valence electrons. The van der Waals surface area contributed by atoms with E-state index in [0.29, 0.717) is 0 Å². The molecular weight excluding hydrogens is 140 g/mol. The summed E-state index contributed by atoms with van der Waals surface area (Å²) in [6, 6.07) is 0. The van der Waals surface area contributed by atoms with E-state index in [1.807, 2.05) is 0 Å². The standard InChI is InChI=1S/C4H11N.CH2F2.CH4O/c1-3-5-4-2;2-1-3;1-2/h5H,3-4H2,1-2H3;1H2;2H,1H3. The summed E-state index contributed by atoms with van der Waals surface area (Å²) in [5.74, 6) is 0. The zero-order valence-electron chi connectivity index (χ0n) is 6.82. The molecule has 2 N–H and O–H groups in total. The van der Waals surface area contributed by atoms with Gasteiger partial charge in [-0.25, -0.2) is 8.78 Å². The monoisotopic (exact) mass is 157 g/mol. The Hall–Kier alpha value is -0.220. The molecular formula is C6H17F2NO. The second kappa shape index (κ2) is 37.2. The van der Waals surface area contributed by atoms with Crippen molar-refractivity contribution in [2.75, 3.05) is 27.1 Å². The molecule has 0 aromatic carbocycles. The minimum Gasteiger partial charge on any atom is -0.400 e. The third-order valence-corrected chi connectivity index (χ3v) is 0.500. The van der Waals surface area contributed by atoms with Crippen molar-refractivity contribution in [1.29, 1.82) is 0 Å². The van der Waals surface area contributed by atoms with Crippen molar-refractivity contribution < 1.29 is 13.9 Å². The highest BCUT2D eigenvalue weighted by molar-refractivity contribution is 4.27. The first-order chi connectivity index (χ1) is 4.83. The molecule has 0 aromatic rings. The molecule has 0 saturated heterocycles. The first kappa shape index (κ1) is 16.4. The summed E-state index contributed by atoms with van der Waals surface area (Å²) in [7, 11) is 1.00. The number of aliphatic hydroxyl groups is 1. The Morgan fingerprint density at radius 3 is 1.30 bits per heavy atom. The highest BCUT2D eigenvalue weighted by Crippen LogP contribution is 1.56. The van der Waals surface area contributed by atoms with Gasteiger partial charge in [-0.1, -0.05) is 13.8 Å². The van der Waals surface area contributed by atoms with E-state index >= 15 is 0 Å². The fraction of sp³-hybridized carbons (Fsp3) is 1.00. The molecule has 0 atom stereocenters. The SMILES string of the molecule is CCNCC.CO.FCF. The van der Waals surface area contributed by atoms with Crippen LogP contribution in [0.5, 0.6) is 0 Å². The number of rotatable bonds is 2. The van der Waals surface area contributed by atoms with Crippen LogP contribution >= 0.6 is 0 Å². The van der Waals surface area contributed by atoms with E-state index in [4.69, 9.17) is 5.11 Å². The maximum absolute atomic E-state index is 9.62. The summed E-state index contributed by atoms with van der Waals surface area (Å²) in [6.45, 7) is 4.64. The fourth-order valence-corrected chi connectivity index (χ4v) is 0.250. The van der Waals surface area contributed by atoms with Crippen LogP contribution < -0.4 is 5.32 Å². The Bertz CT molecular complexity index is 29.7. The summed E-state index contributed by atoms with van der Waals surface area (Å²) in [5.41, 5.74) is 0. The van der Waals surface area contributed by atoms with E-state index in [9.17, 15) is 8.78 Å². The molecule has 0 aliphatic carbocycles. The molecule has 0 heterocycles. The van der Waals surface area contributed by atoms with Gasteiger partial charge in [-0.2, -0.15) is 0 Å². The Morgan fingerprint density at radius 2 is 1.30 bits per heavy atom. The van der Waals surface area contributed by atoms with Gasteiger partial charge in [0.15, 0.2) is 0 Å². The van der Waals surface area contributed by atoms with Gasteiger partial charge in [-0.3, -0.25) is 0 Å². The molecule has 0 aromatic heterocycles. The van der Waals surface area contributed by atoms with Gasteiger partial charge in [0.25, 0.3) is 0 Å². The predicted molar refractivity (Wildman–Crippen MR) is 39.4 cm³/mol. The summed E-state index contributed by atoms with van der Waals surface area (Å²) >= 11 is 0. The predicted octanol–water partition coefficient (Wildman–Crippen LogP) is 1.11. The van der Waals surface area contributed by atoms with Crippen LogP contribution in [0.2, 0.25) is 0 Å². The van der Waals surface area contributed by atoms with Crippen LogP contribution in [0.3, 0.4) is 0 Å². The largest absolute Gasteiger partial charge is 0.400 e. The second-order valence-electron chi connectivity index (χ2n) is 1.06. The second-order valence-corrected chi connectivity index (χ2v) is 1.06. The van der Waals surface area contributed by atoms with E-state index in [-0.39, 0.29) is 0 Å². The first-order valence-electron chi connectivity index (χ1n) is 3.10. The quantitative estimate of drug-likeness (QED) is 0.629. The number of hydrogen-bond donors (Lipinski definition) is 2. The Kier molecular flexibility index (Phi) is 61.0. The van der Waals surface area contributed by atoms with Crippen molar-refractivity contribution in [3.8, 4) is 0 Å². The third kappa shape index (κ3) is 113. The maximum atomic E-state index is 9.62. The van der Waals surface area contributed by atoms with Crippen LogP contribution in [0.15, 0.2) is 0 Å². The molecule has 0 aliphatic rings. The van der Waals surface area contributed by atoms with Crippen molar-refractivity contribution in [3.05, 3.63) is 0 Å². The smallest absolute Gasteiger partial charge is 0.229 e. The number of aliphatic hydroxyl groups excluding tert-OH is 1. The molecule has 0 radical (unpaired) electrons. The molecule has 0 amide bonds. The van der Waals surface area contributed by atoms with Gasteiger partial charge < -0.3 is 10.4 Å². The topological polar surface area (TPSA) is 32.3 Å². The van der Waals surface area contributed by atoms with E-state index < -0.39 is 6.93 Å². The molecule has 4 heteroatoms. The van der Waals surface area contributed by atoms with Crippen LogP contribution in [-0.2, 0) is 0 Å². The van der Waals surface area contributed by atoms with Gasteiger partial charge in [-0.15, -0.1) is 0 Å². The first-order valence-corrected chi connectivity index (χ1v) is 3.10. The summed E-state index contributed by atoms with van der Waals surface area (Å²) in [4.78, 5) is 0. The van der Waals surface area contributed by atoms with E-state index in [1.54, 1.807) is 0 Å². The highest BCUT2D eigenvalue weighted by Gasteiger charge is 1.62. The summed E-state index contributed by atoms with van der Waals surface area (Å²) < 4.78 is 19.2. The van der Waals surface area contributed by atoms with Crippen molar-refractivity contribution in [2.24, 2.45) is 0 Å². The van der Waals surface area contributed by atoms with Crippen LogP contribution in [0.25, 0.3) is 0 Å².